The Balaban J connectivity index is 2.26. The number of hydrogen-bond acceptors (Lipinski definition) is 13. The standard InChI is InChI=1S/C45H70N10O14/c1-25(2)19-28(47)39(63)50-30(15-16-36(57)58)43(67)54-33(22-37(59)60)41(65)48-23-35(56)55-18-10-14-34(55)45(69)51-29(13-8-9-17-46)42(66)53-32(21-27-11-6-5-7-12-27)44(68)52-31(20-26(3)4)40(64)49-24-38(61)62/h5-7,11-12,25-26,28-34H,8-10,13-24,46-47H2,1-4H3,(H,48,65)(H,49,64)(H,50,63)(H,51,69)(H,52,68)(H,53,66)(H,54,67)(H,57,58)(H,59,60)(H,61,62)/t28-,29-,30-,31-,32-,33-,34-/m0/s1. The average molecular weight is 975 g/mol. The van der Waals surface area contributed by atoms with Crippen LogP contribution in [0.5, 0.6) is 0 Å². The number of carbonyl (C=O) groups excluding carboxylic acids is 8. The summed E-state index contributed by atoms with van der Waals surface area (Å²) in [6.45, 7) is 6.13. The van der Waals surface area contributed by atoms with Gasteiger partial charge in [0, 0.05) is 19.4 Å². The molecule has 14 N–H and O–H groups in total. The van der Waals surface area contributed by atoms with Gasteiger partial charge < -0.3 is 68.9 Å². The molecule has 0 aliphatic carbocycles. The Kier molecular flexibility index (Phi) is 25.4. The molecule has 1 aromatic carbocycles. The van der Waals surface area contributed by atoms with Crippen molar-refractivity contribution in [3.05, 3.63) is 35.9 Å². The fourth-order valence-corrected chi connectivity index (χ4v) is 7.43. The van der Waals surface area contributed by atoms with E-state index in [2.05, 4.69) is 37.2 Å². The van der Waals surface area contributed by atoms with E-state index in [9.17, 15) is 63.0 Å². The largest absolute Gasteiger partial charge is 0.481 e. The summed E-state index contributed by atoms with van der Waals surface area (Å²) in [7, 11) is 0. The minimum Gasteiger partial charge on any atom is -0.481 e. The number of likely N-dealkylation sites (tertiary alicyclic amines) is 1. The molecule has 24 heteroatoms. The van der Waals surface area contributed by atoms with E-state index in [1.165, 1.54) is 4.90 Å². The van der Waals surface area contributed by atoms with Crippen LogP contribution in [-0.4, -0.2) is 154 Å². The zero-order valence-electron chi connectivity index (χ0n) is 39.6. The highest BCUT2D eigenvalue weighted by Gasteiger charge is 2.38. The number of aliphatic carboxylic acids is 3. The second kappa shape index (κ2) is 29.9. The van der Waals surface area contributed by atoms with Crippen LogP contribution >= 0.6 is 0 Å². The number of amides is 8. The molecule has 384 valence electrons. The van der Waals surface area contributed by atoms with E-state index in [1.807, 2.05) is 13.8 Å². The van der Waals surface area contributed by atoms with Crippen LogP contribution < -0.4 is 48.7 Å². The summed E-state index contributed by atoms with van der Waals surface area (Å²) >= 11 is 0. The Bertz CT molecular complexity index is 1950. The lowest BCUT2D eigenvalue weighted by molar-refractivity contribution is -0.142. The van der Waals surface area contributed by atoms with E-state index in [-0.39, 0.29) is 57.0 Å². The maximum Gasteiger partial charge on any atom is 0.322 e. The lowest BCUT2D eigenvalue weighted by Crippen LogP contribution is -2.59. The molecule has 1 fully saturated rings. The first-order chi connectivity index (χ1) is 32.5. The highest BCUT2D eigenvalue weighted by Crippen LogP contribution is 2.19. The second-order valence-corrected chi connectivity index (χ2v) is 17.8. The number of carboxylic acids is 3. The van der Waals surface area contributed by atoms with Crippen LogP contribution in [0.15, 0.2) is 30.3 Å². The van der Waals surface area contributed by atoms with E-state index in [0.717, 1.165) is 0 Å². The van der Waals surface area contributed by atoms with Crippen LogP contribution in [0, 0.1) is 11.8 Å². The number of carbonyl (C=O) groups is 11. The van der Waals surface area contributed by atoms with Crippen LogP contribution in [-0.2, 0) is 59.2 Å². The molecule has 0 aromatic heterocycles. The maximum atomic E-state index is 14.1. The van der Waals surface area contributed by atoms with E-state index in [1.54, 1.807) is 44.2 Å². The van der Waals surface area contributed by atoms with Gasteiger partial charge in [-0.25, -0.2) is 0 Å². The van der Waals surface area contributed by atoms with Gasteiger partial charge in [0.2, 0.25) is 47.3 Å². The summed E-state index contributed by atoms with van der Waals surface area (Å²) in [6, 6.07) is -0.478. The number of hydrogen-bond donors (Lipinski definition) is 12. The van der Waals surface area contributed by atoms with Crippen LogP contribution in [0.25, 0.3) is 0 Å². The molecular weight excluding hydrogens is 905 g/mol. The average Bonchev–Trinajstić information content (AvgIpc) is 3.78. The number of nitrogens with one attached hydrogen (secondary N) is 7. The van der Waals surface area contributed by atoms with E-state index < -0.39 is 140 Å². The molecule has 1 aliphatic heterocycles. The van der Waals surface area contributed by atoms with Crippen LogP contribution in [0.3, 0.4) is 0 Å². The van der Waals surface area contributed by atoms with E-state index in [0.29, 0.717) is 24.8 Å². The van der Waals surface area contributed by atoms with Crippen molar-refractivity contribution in [1.82, 2.24) is 42.1 Å². The summed E-state index contributed by atoms with van der Waals surface area (Å²) in [5.41, 5.74) is 12.3. The highest BCUT2D eigenvalue weighted by atomic mass is 16.4. The minimum absolute atomic E-state index is 0.00171. The first-order valence-electron chi connectivity index (χ1n) is 23.0. The third-order valence-electron chi connectivity index (χ3n) is 10.9. The zero-order valence-corrected chi connectivity index (χ0v) is 39.6. The van der Waals surface area contributed by atoms with Gasteiger partial charge in [0.15, 0.2) is 0 Å². The third-order valence-corrected chi connectivity index (χ3v) is 10.9. The SMILES string of the molecule is CC(C)C[C@H](NC(=O)[C@H](Cc1ccccc1)NC(=O)[C@H](CCCCN)NC(=O)[C@@H]1CCCN1C(=O)CNC(=O)[C@H](CC(=O)O)NC(=O)[C@H](CCC(=O)O)NC(=O)[C@@H](N)CC(C)C)C(=O)NCC(=O)O. The second-order valence-electron chi connectivity index (χ2n) is 17.8. The fraction of sp³-hybridized carbons (Fsp3) is 0.622. The molecule has 8 amide bonds. The molecule has 0 spiro atoms. The lowest BCUT2D eigenvalue weighted by atomic mass is 10.0. The molecule has 1 aromatic rings. The van der Waals surface area contributed by atoms with Crippen molar-refractivity contribution in [3.8, 4) is 0 Å². The molecule has 0 saturated carbocycles. The lowest BCUT2D eigenvalue weighted by Gasteiger charge is -2.28. The molecule has 1 heterocycles. The third kappa shape index (κ3) is 21.9. The number of rotatable bonds is 31. The number of benzene rings is 1. The van der Waals surface area contributed by atoms with Crippen molar-refractivity contribution >= 4 is 65.2 Å². The van der Waals surface area contributed by atoms with Gasteiger partial charge in [-0.3, -0.25) is 52.7 Å². The fourth-order valence-electron chi connectivity index (χ4n) is 7.43. The van der Waals surface area contributed by atoms with Gasteiger partial charge >= 0.3 is 17.9 Å². The summed E-state index contributed by atoms with van der Waals surface area (Å²) < 4.78 is 0. The summed E-state index contributed by atoms with van der Waals surface area (Å²) in [4.78, 5) is 143. The van der Waals surface area contributed by atoms with Crippen LogP contribution in [0.2, 0.25) is 0 Å². The van der Waals surface area contributed by atoms with E-state index >= 15 is 0 Å². The minimum atomic E-state index is -1.79. The molecule has 2 rings (SSSR count). The van der Waals surface area contributed by atoms with Gasteiger partial charge in [0.25, 0.3) is 0 Å². The van der Waals surface area contributed by atoms with Gasteiger partial charge in [-0.1, -0.05) is 58.0 Å². The molecule has 24 nitrogen and oxygen atoms in total. The zero-order chi connectivity index (χ0) is 51.8. The van der Waals surface area contributed by atoms with Gasteiger partial charge in [-0.05, 0) is 75.3 Å². The quantitative estimate of drug-likeness (QED) is 0.0353. The summed E-state index contributed by atoms with van der Waals surface area (Å²) in [5.74, 6) is -10.9. The first-order valence-corrected chi connectivity index (χ1v) is 23.0. The molecule has 1 aliphatic rings. The normalized spacial score (nSPS) is 15.9. The molecule has 69 heavy (non-hydrogen) atoms. The summed E-state index contributed by atoms with van der Waals surface area (Å²) in [5, 5.41) is 45.0. The van der Waals surface area contributed by atoms with Crippen molar-refractivity contribution < 1.29 is 68.1 Å². The smallest absolute Gasteiger partial charge is 0.322 e. The van der Waals surface area contributed by atoms with Crippen molar-refractivity contribution in [3.63, 3.8) is 0 Å². The van der Waals surface area contributed by atoms with Crippen molar-refractivity contribution in [1.29, 1.82) is 0 Å². The van der Waals surface area contributed by atoms with Crippen molar-refractivity contribution in [2.24, 2.45) is 23.3 Å². The van der Waals surface area contributed by atoms with Gasteiger partial charge in [0.1, 0.15) is 42.8 Å². The number of carboxylic acid groups (broad SMARTS) is 3. The topological polar surface area (TPSA) is 388 Å². The Morgan fingerprint density at radius 1 is 0.623 bits per heavy atom. The number of nitrogens with two attached hydrogens (primary N) is 2. The maximum absolute atomic E-state index is 14.1. The van der Waals surface area contributed by atoms with Gasteiger partial charge in [0.05, 0.1) is 19.0 Å². The molecule has 7 atom stereocenters. The predicted octanol–water partition coefficient (Wildman–Crippen LogP) is -2.15. The predicted molar refractivity (Wildman–Crippen MR) is 247 cm³/mol. The molecule has 1 saturated heterocycles. The highest BCUT2D eigenvalue weighted by molar-refractivity contribution is 5.98. The Hall–Kier alpha value is -6.69. The van der Waals surface area contributed by atoms with Crippen LogP contribution in [0.4, 0.5) is 0 Å². The van der Waals surface area contributed by atoms with Gasteiger partial charge in [-0.2, -0.15) is 0 Å². The first kappa shape index (κ1) is 58.4. The molecular formula is C45H70N10O14. The molecule has 0 radical (unpaired) electrons. The molecule has 0 unspecified atom stereocenters. The van der Waals surface area contributed by atoms with Crippen LogP contribution in [0.1, 0.15) is 97.5 Å². The van der Waals surface area contributed by atoms with Crippen molar-refractivity contribution in [2.45, 2.75) is 141 Å². The van der Waals surface area contributed by atoms with E-state index in [4.69, 9.17) is 16.6 Å². The molecule has 0 bridgehead atoms. The van der Waals surface area contributed by atoms with Crippen molar-refractivity contribution in [2.75, 3.05) is 26.2 Å². The number of nitrogens with zero attached hydrogens (tertiary/aromatic N) is 1. The Morgan fingerprint density at radius 2 is 1.17 bits per heavy atom. The van der Waals surface area contributed by atoms with Gasteiger partial charge in [-0.15, -0.1) is 0 Å². The Morgan fingerprint density at radius 3 is 1.75 bits per heavy atom. The Labute approximate surface area is 400 Å². The monoisotopic (exact) mass is 975 g/mol. The number of unbranched alkanes of at least 4 members (excludes halogenated alkanes) is 1. The summed E-state index contributed by atoms with van der Waals surface area (Å²) in [6.07, 6.45) is -0.190.